The maximum atomic E-state index is 13.8. The number of halogens is 2. The Balaban J connectivity index is 2.36. The van der Waals surface area contributed by atoms with Crippen LogP contribution in [0, 0.1) is 11.6 Å². The fourth-order valence-electron chi connectivity index (χ4n) is 2.20. The van der Waals surface area contributed by atoms with Crippen molar-refractivity contribution in [2.24, 2.45) is 0 Å². The van der Waals surface area contributed by atoms with Gasteiger partial charge in [-0.25, -0.2) is 21.9 Å². The maximum Gasteiger partial charge on any atom is 0.244 e. The van der Waals surface area contributed by atoms with Crippen LogP contribution in [-0.4, -0.2) is 34.0 Å². The standard InChI is InChI=1S/C16H18F2N2O2S/c1-20(2)11-15(12-6-4-3-5-7-12)19-23(21,22)16-10-13(17)8-9-14(16)18/h3-10,15,19H,11H2,1-2H3/t15-/m1/s1. The zero-order valence-electron chi connectivity index (χ0n) is 12.8. The predicted molar refractivity (Wildman–Crippen MR) is 84.4 cm³/mol. The first kappa shape index (κ1) is 17.5. The van der Waals surface area contributed by atoms with E-state index in [1.165, 1.54) is 0 Å². The Hall–Kier alpha value is -1.83. The Labute approximate surface area is 134 Å². The molecule has 1 atom stereocenters. The average Bonchev–Trinajstić information content (AvgIpc) is 2.49. The minimum absolute atomic E-state index is 0.375. The highest BCUT2D eigenvalue weighted by molar-refractivity contribution is 7.89. The fraction of sp³-hybridized carbons (Fsp3) is 0.250. The molecule has 0 aromatic heterocycles. The van der Waals surface area contributed by atoms with Crippen LogP contribution in [0.25, 0.3) is 0 Å². The third-order valence-electron chi connectivity index (χ3n) is 3.23. The van der Waals surface area contributed by atoms with E-state index in [0.717, 1.165) is 17.7 Å². The van der Waals surface area contributed by atoms with E-state index in [4.69, 9.17) is 0 Å². The van der Waals surface area contributed by atoms with E-state index in [9.17, 15) is 17.2 Å². The molecule has 2 aromatic carbocycles. The van der Waals surface area contributed by atoms with Crippen molar-refractivity contribution in [2.45, 2.75) is 10.9 Å². The number of sulfonamides is 1. The lowest BCUT2D eigenvalue weighted by molar-refractivity contribution is 0.363. The zero-order valence-corrected chi connectivity index (χ0v) is 13.6. The van der Waals surface area contributed by atoms with Crippen LogP contribution in [-0.2, 0) is 10.0 Å². The summed E-state index contributed by atoms with van der Waals surface area (Å²) in [5.74, 6) is -1.80. The van der Waals surface area contributed by atoms with Crippen LogP contribution >= 0.6 is 0 Å². The molecule has 0 saturated carbocycles. The van der Waals surface area contributed by atoms with Gasteiger partial charge in [0, 0.05) is 6.54 Å². The molecule has 23 heavy (non-hydrogen) atoms. The molecular weight excluding hydrogens is 322 g/mol. The summed E-state index contributed by atoms with van der Waals surface area (Å²) in [6.45, 7) is 0.375. The molecule has 1 N–H and O–H groups in total. The molecule has 0 aliphatic carbocycles. The number of nitrogens with zero attached hydrogens (tertiary/aromatic N) is 1. The van der Waals surface area contributed by atoms with Crippen molar-refractivity contribution < 1.29 is 17.2 Å². The predicted octanol–water partition coefficient (Wildman–Crippen LogP) is 2.55. The highest BCUT2D eigenvalue weighted by atomic mass is 32.2. The molecule has 2 aromatic rings. The van der Waals surface area contributed by atoms with Gasteiger partial charge in [0.15, 0.2) is 0 Å². The summed E-state index contributed by atoms with van der Waals surface area (Å²) in [5, 5.41) is 0. The van der Waals surface area contributed by atoms with Crippen LogP contribution < -0.4 is 4.72 Å². The number of rotatable bonds is 6. The summed E-state index contributed by atoms with van der Waals surface area (Å²) in [6, 6.07) is 10.7. The van der Waals surface area contributed by atoms with Crippen molar-refractivity contribution in [3.63, 3.8) is 0 Å². The number of benzene rings is 2. The van der Waals surface area contributed by atoms with E-state index >= 15 is 0 Å². The number of hydrogen-bond donors (Lipinski definition) is 1. The van der Waals surface area contributed by atoms with Crippen LogP contribution in [0.4, 0.5) is 8.78 Å². The van der Waals surface area contributed by atoms with E-state index in [0.29, 0.717) is 12.6 Å². The maximum absolute atomic E-state index is 13.8. The lowest BCUT2D eigenvalue weighted by Crippen LogP contribution is -2.35. The molecule has 0 amide bonds. The minimum atomic E-state index is -4.20. The summed E-state index contributed by atoms with van der Waals surface area (Å²) in [7, 11) is -0.601. The molecule has 2 rings (SSSR count). The van der Waals surface area contributed by atoms with E-state index in [1.54, 1.807) is 38.4 Å². The Bertz CT molecular complexity index is 765. The third-order valence-corrected chi connectivity index (χ3v) is 4.72. The molecule has 0 aliphatic rings. The minimum Gasteiger partial charge on any atom is -0.307 e. The van der Waals surface area contributed by atoms with Gasteiger partial charge in [-0.1, -0.05) is 30.3 Å². The van der Waals surface area contributed by atoms with Crippen molar-refractivity contribution in [3.8, 4) is 0 Å². The average molecular weight is 340 g/mol. The Morgan fingerprint density at radius 1 is 1.09 bits per heavy atom. The van der Waals surface area contributed by atoms with Gasteiger partial charge in [0.05, 0.1) is 6.04 Å². The van der Waals surface area contributed by atoms with Crippen LogP contribution in [0.1, 0.15) is 11.6 Å². The molecule has 0 radical (unpaired) electrons. The Morgan fingerprint density at radius 3 is 2.35 bits per heavy atom. The fourth-order valence-corrected chi connectivity index (χ4v) is 3.50. The number of likely N-dealkylation sites (N-methyl/N-ethyl adjacent to an activating group) is 1. The van der Waals surface area contributed by atoms with Gasteiger partial charge >= 0.3 is 0 Å². The molecule has 0 aliphatic heterocycles. The normalized spacial score (nSPS) is 13.3. The molecule has 0 saturated heterocycles. The first-order valence-corrected chi connectivity index (χ1v) is 8.45. The molecular formula is C16H18F2N2O2S. The summed E-state index contributed by atoms with van der Waals surface area (Å²) in [4.78, 5) is 1.11. The molecule has 0 unspecified atom stereocenters. The van der Waals surface area contributed by atoms with Gasteiger partial charge in [-0.3, -0.25) is 0 Å². The Morgan fingerprint density at radius 2 is 1.74 bits per heavy atom. The summed E-state index contributed by atoms with van der Waals surface area (Å²) in [6.07, 6.45) is 0. The second-order valence-corrected chi connectivity index (χ2v) is 7.10. The SMILES string of the molecule is CN(C)C[C@@H](NS(=O)(=O)c1cc(F)ccc1F)c1ccccc1. The molecule has 7 heteroatoms. The zero-order chi connectivity index (χ0) is 17.0. The number of hydrogen-bond acceptors (Lipinski definition) is 3. The van der Waals surface area contributed by atoms with Gasteiger partial charge in [0.25, 0.3) is 0 Å². The van der Waals surface area contributed by atoms with E-state index < -0.39 is 32.6 Å². The van der Waals surface area contributed by atoms with Gasteiger partial charge in [-0.15, -0.1) is 0 Å². The van der Waals surface area contributed by atoms with Crippen molar-refractivity contribution in [1.82, 2.24) is 9.62 Å². The lowest BCUT2D eigenvalue weighted by Gasteiger charge is -2.23. The molecule has 0 fully saturated rings. The smallest absolute Gasteiger partial charge is 0.244 e. The first-order chi connectivity index (χ1) is 10.8. The molecule has 0 heterocycles. The van der Waals surface area contributed by atoms with Crippen molar-refractivity contribution in [1.29, 1.82) is 0 Å². The summed E-state index contributed by atoms with van der Waals surface area (Å²) in [5.41, 5.74) is 0.738. The number of nitrogens with one attached hydrogen (secondary N) is 1. The third kappa shape index (κ3) is 4.57. The van der Waals surface area contributed by atoms with Crippen LogP contribution in [0.2, 0.25) is 0 Å². The largest absolute Gasteiger partial charge is 0.307 e. The van der Waals surface area contributed by atoms with Crippen molar-refractivity contribution in [2.75, 3.05) is 20.6 Å². The second kappa shape index (κ2) is 7.16. The van der Waals surface area contributed by atoms with Gasteiger partial charge in [0.2, 0.25) is 10.0 Å². The van der Waals surface area contributed by atoms with Gasteiger partial charge < -0.3 is 4.90 Å². The van der Waals surface area contributed by atoms with Gasteiger partial charge in [0.1, 0.15) is 16.5 Å². The summed E-state index contributed by atoms with van der Waals surface area (Å²) < 4.78 is 54.4. The van der Waals surface area contributed by atoms with E-state index in [1.807, 2.05) is 11.0 Å². The first-order valence-electron chi connectivity index (χ1n) is 6.96. The topological polar surface area (TPSA) is 49.4 Å². The highest BCUT2D eigenvalue weighted by Gasteiger charge is 2.25. The van der Waals surface area contributed by atoms with Crippen LogP contribution in [0.5, 0.6) is 0 Å². The van der Waals surface area contributed by atoms with Gasteiger partial charge in [-0.2, -0.15) is 0 Å². The van der Waals surface area contributed by atoms with E-state index in [-0.39, 0.29) is 0 Å². The molecule has 124 valence electrons. The molecule has 0 spiro atoms. The molecule has 4 nitrogen and oxygen atoms in total. The highest BCUT2D eigenvalue weighted by Crippen LogP contribution is 2.20. The second-order valence-electron chi connectivity index (χ2n) is 5.42. The van der Waals surface area contributed by atoms with Crippen LogP contribution in [0.3, 0.4) is 0 Å². The Kier molecular flexibility index (Phi) is 5.46. The molecule has 0 bridgehead atoms. The van der Waals surface area contributed by atoms with Gasteiger partial charge in [-0.05, 0) is 37.9 Å². The van der Waals surface area contributed by atoms with Crippen LogP contribution in [0.15, 0.2) is 53.4 Å². The van der Waals surface area contributed by atoms with E-state index in [2.05, 4.69) is 4.72 Å². The quantitative estimate of drug-likeness (QED) is 0.879. The van der Waals surface area contributed by atoms with Crippen molar-refractivity contribution in [3.05, 3.63) is 65.7 Å². The lowest BCUT2D eigenvalue weighted by atomic mass is 10.1. The van der Waals surface area contributed by atoms with Crippen molar-refractivity contribution >= 4 is 10.0 Å². The summed E-state index contributed by atoms with van der Waals surface area (Å²) >= 11 is 0. The monoisotopic (exact) mass is 340 g/mol.